The van der Waals surface area contributed by atoms with Gasteiger partial charge in [-0.25, -0.2) is 0 Å². The minimum absolute atomic E-state index is 0.712. The summed E-state index contributed by atoms with van der Waals surface area (Å²) in [7, 11) is 0. The van der Waals surface area contributed by atoms with Gasteiger partial charge < -0.3 is 9.47 Å². The lowest BCUT2D eigenvalue weighted by atomic mass is 9.96. The summed E-state index contributed by atoms with van der Waals surface area (Å²) < 4.78 is 12.9. The van der Waals surface area contributed by atoms with Gasteiger partial charge in [-0.1, -0.05) is 62.4 Å². The van der Waals surface area contributed by atoms with Gasteiger partial charge in [-0.3, -0.25) is 0 Å². The number of allylic oxidation sites excluding steroid dienone is 4. The molecule has 0 unspecified atom stereocenters. The fourth-order valence-corrected chi connectivity index (χ4v) is 4.08. The molecule has 0 aromatic heterocycles. The van der Waals surface area contributed by atoms with Crippen LogP contribution < -0.4 is 9.47 Å². The molecule has 3 aromatic rings. The molecule has 32 heavy (non-hydrogen) atoms. The molecular weight excluding hydrogens is 392 g/mol. The molecule has 2 nitrogen and oxygen atoms in total. The zero-order valence-corrected chi connectivity index (χ0v) is 20.2. The minimum atomic E-state index is 0.712. The summed E-state index contributed by atoms with van der Waals surface area (Å²) in [5.74, 6) is 1.99. The Kier molecular flexibility index (Phi) is 9.22. The first-order chi connectivity index (χ1) is 15.7. The van der Waals surface area contributed by atoms with Crippen molar-refractivity contribution in [2.45, 2.75) is 66.2 Å². The molecule has 0 radical (unpaired) electrons. The number of rotatable bonds is 12. The van der Waals surface area contributed by atoms with Crippen LogP contribution in [0.2, 0.25) is 0 Å². The van der Waals surface area contributed by atoms with E-state index in [4.69, 9.17) is 9.47 Å². The van der Waals surface area contributed by atoms with Crippen LogP contribution in [0, 0.1) is 0 Å². The van der Waals surface area contributed by atoms with E-state index in [9.17, 15) is 0 Å². The van der Waals surface area contributed by atoms with Gasteiger partial charge in [0, 0.05) is 21.5 Å². The number of hydrogen-bond donors (Lipinski definition) is 0. The number of ether oxygens (including phenoxy) is 2. The summed E-state index contributed by atoms with van der Waals surface area (Å²) in [6.45, 7) is 9.96. The highest BCUT2D eigenvalue weighted by Crippen LogP contribution is 2.43. The minimum Gasteiger partial charge on any atom is -0.492 e. The highest BCUT2D eigenvalue weighted by Gasteiger charge is 2.17. The van der Waals surface area contributed by atoms with Gasteiger partial charge >= 0.3 is 0 Å². The first-order valence-corrected chi connectivity index (χ1v) is 12.2. The lowest BCUT2D eigenvalue weighted by molar-refractivity contribution is 0.314. The van der Waals surface area contributed by atoms with Crippen LogP contribution in [-0.4, -0.2) is 13.2 Å². The molecular formula is C30H38O2. The van der Waals surface area contributed by atoms with E-state index in [-0.39, 0.29) is 0 Å². The summed E-state index contributed by atoms with van der Waals surface area (Å²) >= 11 is 0. The van der Waals surface area contributed by atoms with Crippen molar-refractivity contribution in [1.82, 2.24) is 0 Å². The lowest BCUT2D eigenvalue weighted by Gasteiger charge is -2.19. The number of unbranched alkanes of at least 4 members (excludes halogenated alkanes) is 2. The molecule has 170 valence electrons. The first-order valence-electron chi connectivity index (χ1n) is 12.2. The molecule has 0 fully saturated rings. The number of aryl methyl sites for hydroxylation is 2. The van der Waals surface area contributed by atoms with Crippen LogP contribution in [0.4, 0.5) is 0 Å². The maximum Gasteiger partial charge on any atom is 0.135 e. The first kappa shape index (κ1) is 23.9. The van der Waals surface area contributed by atoms with Crippen LogP contribution in [0.1, 0.15) is 64.5 Å². The van der Waals surface area contributed by atoms with E-state index in [1.54, 1.807) is 0 Å². The van der Waals surface area contributed by atoms with Crippen LogP contribution in [-0.2, 0) is 12.8 Å². The molecule has 0 saturated heterocycles. The smallest absolute Gasteiger partial charge is 0.135 e. The van der Waals surface area contributed by atoms with E-state index in [1.807, 2.05) is 0 Å². The average molecular weight is 431 g/mol. The summed E-state index contributed by atoms with van der Waals surface area (Å²) in [6, 6.07) is 13.5. The number of benzene rings is 3. The van der Waals surface area contributed by atoms with Crippen LogP contribution in [0.3, 0.4) is 0 Å². The molecule has 0 aliphatic carbocycles. The van der Waals surface area contributed by atoms with Crippen LogP contribution >= 0.6 is 0 Å². The predicted octanol–water partition coefficient (Wildman–Crippen LogP) is 8.59. The molecule has 0 amide bonds. The molecule has 3 rings (SSSR count). The van der Waals surface area contributed by atoms with E-state index >= 15 is 0 Å². The van der Waals surface area contributed by atoms with Gasteiger partial charge in [-0.2, -0.15) is 0 Å². The van der Waals surface area contributed by atoms with E-state index in [0.717, 1.165) is 71.6 Å². The highest BCUT2D eigenvalue weighted by molar-refractivity contribution is 6.11. The molecule has 0 saturated carbocycles. The summed E-state index contributed by atoms with van der Waals surface area (Å²) in [5, 5.41) is 4.63. The largest absolute Gasteiger partial charge is 0.492 e. The van der Waals surface area contributed by atoms with Crippen molar-refractivity contribution < 1.29 is 9.47 Å². The second-order valence-electron chi connectivity index (χ2n) is 8.24. The van der Waals surface area contributed by atoms with Gasteiger partial charge in [-0.15, -0.1) is 0 Å². The van der Waals surface area contributed by atoms with Gasteiger partial charge in [-0.05, 0) is 75.6 Å². The Labute approximate surface area is 193 Å². The van der Waals surface area contributed by atoms with Gasteiger partial charge in [0.2, 0.25) is 0 Å². The molecule has 0 bridgehead atoms. The second-order valence-corrected chi connectivity index (χ2v) is 8.24. The Balaban J connectivity index is 2.11. The molecule has 0 aliphatic heterocycles. The van der Waals surface area contributed by atoms with Crippen molar-refractivity contribution in [3.8, 4) is 11.5 Å². The second kappa shape index (κ2) is 12.3. The Bertz CT molecular complexity index is 988. The van der Waals surface area contributed by atoms with Gasteiger partial charge in [0.1, 0.15) is 11.5 Å². The molecule has 0 N–H and O–H groups in total. The fourth-order valence-electron chi connectivity index (χ4n) is 4.08. The zero-order valence-electron chi connectivity index (χ0n) is 20.2. The van der Waals surface area contributed by atoms with Crippen LogP contribution in [0.15, 0.2) is 60.7 Å². The third-order valence-corrected chi connectivity index (χ3v) is 5.96. The quantitative estimate of drug-likeness (QED) is 0.163. The summed E-state index contributed by atoms with van der Waals surface area (Å²) in [5.41, 5.74) is 2.64. The maximum atomic E-state index is 6.47. The SMILES string of the molecule is C/C=C/CCCOc1c2ccc(CC)cc2c(OCCC/C=C/C)c2ccc(CC)cc12. The Hall–Kier alpha value is -2.74. The van der Waals surface area contributed by atoms with Crippen molar-refractivity contribution in [2.24, 2.45) is 0 Å². The van der Waals surface area contributed by atoms with Gasteiger partial charge in [0.25, 0.3) is 0 Å². The van der Waals surface area contributed by atoms with Crippen molar-refractivity contribution in [3.63, 3.8) is 0 Å². The van der Waals surface area contributed by atoms with Crippen molar-refractivity contribution in [1.29, 1.82) is 0 Å². The topological polar surface area (TPSA) is 18.5 Å². The zero-order chi connectivity index (χ0) is 22.8. The molecule has 0 aliphatic rings. The Morgan fingerprint density at radius 1 is 0.625 bits per heavy atom. The van der Waals surface area contributed by atoms with Crippen molar-refractivity contribution in [2.75, 3.05) is 13.2 Å². The highest BCUT2D eigenvalue weighted by atomic mass is 16.5. The van der Waals surface area contributed by atoms with E-state index in [0.29, 0.717) is 13.2 Å². The molecule has 0 heterocycles. The van der Waals surface area contributed by atoms with Crippen LogP contribution in [0.5, 0.6) is 11.5 Å². The number of hydrogen-bond acceptors (Lipinski definition) is 2. The monoisotopic (exact) mass is 430 g/mol. The Morgan fingerprint density at radius 2 is 1.06 bits per heavy atom. The fraction of sp³-hybridized carbons (Fsp3) is 0.400. The molecule has 0 atom stereocenters. The summed E-state index contributed by atoms with van der Waals surface area (Å²) in [6.07, 6.45) is 14.7. The van der Waals surface area contributed by atoms with E-state index in [1.165, 1.54) is 11.1 Å². The maximum absolute atomic E-state index is 6.47. The van der Waals surface area contributed by atoms with Gasteiger partial charge in [0.05, 0.1) is 13.2 Å². The lowest BCUT2D eigenvalue weighted by Crippen LogP contribution is -2.03. The molecule has 0 spiro atoms. The van der Waals surface area contributed by atoms with Gasteiger partial charge in [0.15, 0.2) is 0 Å². The number of fused-ring (bicyclic) bond motifs is 2. The Morgan fingerprint density at radius 3 is 1.44 bits per heavy atom. The summed E-state index contributed by atoms with van der Waals surface area (Å²) in [4.78, 5) is 0. The van der Waals surface area contributed by atoms with Crippen molar-refractivity contribution in [3.05, 3.63) is 71.8 Å². The molecule has 3 aromatic carbocycles. The third-order valence-electron chi connectivity index (χ3n) is 5.96. The van der Waals surface area contributed by atoms with E-state index in [2.05, 4.69) is 88.4 Å². The van der Waals surface area contributed by atoms with E-state index < -0.39 is 0 Å². The predicted molar refractivity (Wildman–Crippen MR) is 139 cm³/mol. The third kappa shape index (κ3) is 5.73. The average Bonchev–Trinajstić information content (AvgIpc) is 2.83. The molecule has 2 heteroatoms. The standard InChI is InChI=1S/C30H38O2/c1-5-9-11-13-19-31-29-25-17-15-24(8-4)22-28(25)30(32-20-14-12-10-6-2)26-18-16-23(7-3)21-27(26)29/h5-6,9-10,15-18,21-22H,7-8,11-14,19-20H2,1-4H3/b9-5+,10-6+. The van der Waals surface area contributed by atoms with Crippen LogP contribution in [0.25, 0.3) is 21.5 Å². The normalized spacial score (nSPS) is 11.9. The van der Waals surface area contributed by atoms with Crippen molar-refractivity contribution >= 4 is 21.5 Å².